The molecule has 1 saturated heterocycles. The molecule has 1 fully saturated rings. The van der Waals surface area contributed by atoms with Gasteiger partial charge in [0.2, 0.25) is 0 Å². The van der Waals surface area contributed by atoms with Crippen molar-refractivity contribution < 1.29 is 8.42 Å². The van der Waals surface area contributed by atoms with Crippen molar-refractivity contribution in [2.45, 2.75) is 44.0 Å². The molecule has 1 heterocycles. The Bertz CT molecular complexity index is 576. The summed E-state index contributed by atoms with van der Waals surface area (Å²) in [5.41, 5.74) is 2.05. The molecule has 5 heteroatoms. The summed E-state index contributed by atoms with van der Waals surface area (Å²) in [6, 6.07) is 5.76. The Hall–Kier alpha value is -1.07. The van der Waals surface area contributed by atoms with Crippen LogP contribution >= 0.6 is 0 Å². The van der Waals surface area contributed by atoms with Crippen LogP contribution in [0.4, 0.5) is 5.69 Å². The quantitative estimate of drug-likeness (QED) is 0.908. The number of nitrogens with zero attached hydrogens (tertiary/aromatic N) is 1. The van der Waals surface area contributed by atoms with Crippen LogP contribution < -0.4 is 5.32 Å². The summed E-state index contributed by atoms with van der Waals surface area (Å²) in [6.45, 7) is 7.65. The van der Waals surface area contributed by atoms with E-state index in [0.29, 0.717) is 10.9 Å². The Kier molecular flexibility index (Phi) is 5.27. The smallest absolute Gasteiger partial charge is 0.175 e. The van der Waals surface area contributed by atoms with Crippen molar-refractivity contribution in [1.29, 1.82) is 0 Å². The Balaban J connectivity index is 2.03. The number of piperidine rings is 1. The maximum atomic E-state index is 11.7. The summed E-state index contributed by atoms with van der Waals surface area (Å²) >= 11 is 0. The van der Waals surface area contributed by atoms with Crippen LogP contribution in [0.25, 0.3) is 0 Å². The number of hydrogen-bond acceptors (Lipinski definition) is 4. The summed E-state index contributed by atoms with van der Waals surface area (Å²) in [4.78, 5) is 2.89. The van der Waals surface area contributed by atoms with Crippen LogP contribution in [0.15, 0.2) is 23.1 Å². The molecule has 0 spiro atoms. The number of nitrogens with one attached hydrogen (secondary N) is 1. The monoisotopic (exact) mass is 310 g/mol. The first-order valence-corrected chi connectivity index (χ1v) is 9.59. The lowest BCUT2D eigenvalue weighted by Gasteiger charge is -2.33. The van der Waals surface area contributed by atoms with E-state index in [-0.39, 0.29) is 0 Å². The van der Waals surface area contributed by atoms with Gasteiger partial charge in [-0.25, -0.2) is 8.42 Å². The Morgan fingerprint density at radius 1 is 1.29 bits per heavy atom. The minimum atomic E-state index is -3.15. The van der Waals surface area contributed by atoms with Crippen LogP contribution in [0.2, 0.25) is 0 Å². The third-order valence-electron chi connectivity index (χ3n) is 4.12. The van der Waals surface area contributed by atoms with Gasteiger partial charge in [-0.15, -0.1) is 0 Å². The molecule has 0 atom stereocenters. The zero-order chi connectivity index (χ0) is 15.5. The lowest BCUT2D eigenvalue weighted by Crippen LogP contribution is -2.39. The van der Waals surface area contributed by atoms with Crippen LogP contribution in [0.5, 0.6) is 0 Å². The predicted molar refractivity (Wildman–Crippen MR) is 87.7 cm³/mol. The molecule has 1 aliphatic heterocycles. The summed E-state index contributed by atoms with van der Waals surface area (Å²) in [5, 5.41) is 3.53. The van der Waals surface area contributed by atoms with Crippen molar-refractivity contribution in [3.8, 4) is 0 Å². The number of benzene rings is 1. The third-order valence-corrected chi connectivity index (χ3v) is 5.23. The number of sulfone groups is 1. The van der Waals surface area contributed by atoms with Gasteiger partial charge in [-0.1, -0.05) is 13.0 Å². The van der Waals surface area contributed by atoms with Gasteiger partial charge < -0.3 is 10.2 Å². The van der Waals surface area contributed by atoms with Crippen molar-refractivity contribution in [2.75, 3.05) is 31.2 Å². The minimum absolute atomic E-state index is 0.388. The zero-order valence-corrected chi connectivity index (χ0v) is 14.0. The number of aryl methyl sites for hydroxylation is 1. The number of hydrogen-bond donors (Lipinski definition) is 1. The number of likely N-dealkylation sites (tertiary alicyclic amines) is 1. The van der Waals surface area contributed by atoms with Crippen LogP contribution in [0, 0.1) is 6.92 Å². The van der Waals surface area contributed by atoms with Crippen molar-refractivity contribution in [3.63, 3.8) is 0 Å². The van der Waals surface area contributed by atoms with E-state index in [9.17, 15) is 8.42 Å². The van der Waals surface area contributed by atoms with Gasteiger partial charge in [0.15, 0.2) is 9.84 Å². The highest BCUT2D eigenvalue weighted by atomic mass is 32.2. The first-order chi connectivity index (χ1) is 9.90. The van der Waals surface area contributed by atoms with E-state index in [2.05, 4.69) is 17.1 Å². The van der Waals surface area contributed by atoms with E-state index in [1.54, 1.807) is 12.1 Å². The zero-order valence-electron chi connectivity index (χ0n) is 13.2. The highest BCUT2D eigenvalue weighted by Gasteiger charge is 2.19. The summed E-state index contributed by atoms with van der Waals surface area (Å²) in [5.74, 6) is 0. The summed E-state index contributed by atoms with van der Waals surface area (Å²) < 4.78 is 23.3. The van der Waals surface area contributed by atoms with Gasteiger partial charge in [-0.2, -0.15) is 0 Å². The summed E-state index contributed by atoms with van der Waals surface area (Å²) in [7, 11) is -3.15. The second kappa shape index (κ2) is 6.79. The third kappa shape index (κ3) is 4.45. The molecule has 0 aromatic heterocycles. The second-order valence-electron chi connectivity index (χ2n) is 6.01. The maximum Gasteiger partial charge on any atom is 0.175 e. The molecule has 1 aromatic rings. The fourth-order valence-electron chi connectivity index (χ4n) is 2.82. The Morgan fingerprint density at radius 3 is 2.52 bits per heavy atom. The molecule has 4 nitrogen and oxygen atoms in total. The van der Waals surface area contributed by atoms with Crippen LogP contribution in [0.3, 0.4) is 0 Å². The van der Waals surface area contributed by atoms with E-state index in [1.165, 1.54) is 19.2 Å². The molecular formula is C16H26N2O2S. The minimum Gasteiger partial charge on any atom is -0.382 e. The van der Waals surface area contributed by atoms with Crippen molar-refractivity contribution in [2.24, 2.45) is 0 Å². The van der Waals surface area contributed by atoms with Crippen LogP contribution in [-0.2, 0) is 9.84 Å². The van der Waals surface area contributed by atoms with Crippen molar-refractivity contribution >= 4 is 15.5 Å². The highest BCUT2D eigenvalue weighted by molar-refractivity contribution is 7.90. The van der Waals surface area contributed by atoms with Gasteiger partial charge in [-0.3, -0.25) is 0 Å². The molecule has 0 unspecified atom stereocenters. The molecule has 0 amide bonds. The Morgan fingerprint density at radius 2 is 1.95 bits per heavy atom. The van der Waals surface area contributed by atoms with Crippen LogP contribution in [0.1, 0.15) is 31.7 Å². The van der Waals surface area contributed by atoms with Crippen molar-refractivity contribution in [3.05, 3.63) is 23.8 Å². The van der Waals surface area contributed by atoms with Gasteiger partial charge in [0.25, 0.3) is 0 Å². The fraction of sp³-hybridized carbons (Fsp3) is 0.625. The average Bonchev–Trinajstić information content (AvgIpc) is 2.42. The lowest BCUT2D eigenvalue weighted by molar-refractivity contribution is 0.219. The van der Waals surface area contributed by atoms with Gasteiger partial charge in [-0.05, 0) is 50.4 Å². The average molecular weight is 310 g/mol. The SMILES string of the molecule is CCCN1CCC(Nc2cc(S(C)(=O)=O)ccc2C)CC1. The van der Waals surface area contributed by atoms with Crippen molar-refractivity contribution in [1.82, 2.24) is 4.90 Å². The van der Waals surface area contributed by atoms with Crippen LogP contribution in [-0.4, -0.2) is 45.2 Å². The van der Waals surface area contributed by atoms with E-state index in [0.717, 1.165) is 37.2 Å². The van der Waals surface area contributed by atoms with E-state index >= 15 is 0 Å². The first-order valence-electron chi connectivity index (χ1n) is 7.69. The molecule has 1 N–H and O–H groups in total. The molecular weight excluding hydrogens is 284 g/mol. The Labute approximate surface area is 128 Å². The van der Waals surface area contributed by atoms with E-state index in [1.807, 2.05) is 13.0 Å². The van der Waals surface area contributed by atoms with Gasteiger partial charge in [0.1, 0.15) is 0 Å². The predicted octanol–water partition coefficient (Wildman–Crippen LogP) is 2.68. The molecule has 21 heavy (non-hydrogen) atoms. The molecule has 2 rings (SSSR count). The van der Waals surface area contributed by atoms with E-state index < -0.39 is 9.84 Å². The molecule has 1 aromatic carbocycles. The van der Waals surface area contributed by atoms with E-state index in [4.69, 9.17) is 0 Å². The second-order valence-corrected chi connectivity index (χ2v) is 8.02. The van der Waals surface area contributed by atoms with Gasteiger partial charge in [0.05, 0.1) is 4.90 Å². The molecule has 0 aliphatic carbocycles. The number of rotatable bonds is 5. The first kappa shape index (κ1) is 16.3. The maximum absolute atomic E-state index is 11.7. The highest BCUT2D eigenvalue weighted by Crippen LogP contribution is 2.23. The largest absolute Gasteiger partial charge is 0.382 e. The standard InChI is InChI=1S/C16H26N2O2S/c1-4-9-18-10-7-14(8-11-18)17-16-12-15(21(3,19)20)6-5-13(16)2/h5-6,12,14,17H,4,7-11H2,1-3H3. The molecule has 0 bridgehead atoms. The molecule has 0 radical (unpaired) electrons. The normalized spacial score (nSPS) is 17.9. The molecule has 1 aliphatic rings. The number of anilines is 1. The van der Waals surface area contributed by atoms with Gasteiger partial charge in [0, 0.05) is 31.1 Å². The molecule has 0 saturated carbocycles. The lowest BCUT2D eigenvalue weighted by atomic mass is 10.0. The van der Waals surface area contributed by atoms with Gasteiger partial charge >= 0.3 is 0 Å². The topological polar surface area (TPSA) is 49.4 Å². The summed E-state index contributed by atoms with van der Waals surface area (Å²) in [6.07, 6.45) is 4.68. The molecule has 118 valence electrons. The fourth-order valence-corrected chi connectivity index (χ4v) is 3.47.